The molecule has 0 saturated heterocycles. The molecule has 1 heterocycles. The quantitative estimate of drug-likeness (QED) is 0.677. The number of nitrogens with zero attached hydrogens (tertiary/aromatic N) is 2. The van der Waals surface area contributed by atoms with E-state index in [0.29, 0.717) is 28.9 Å². The molecule has 8 heteroatoms. The molecule has 2 aromatic rings. The predicted molar refractivity (Wildman–Crippen MR) is 90.2 cm³/mol. The van der Waals surface area contributed by atoms with Gasteiger partial charge in [0.15, 0.2) is 5.82 Å². The smallest absolute Gasteiger partial charge is 0.325 e. The molecular weight excluding hydrogens is 318 g/mol. The zero-order valence-corrected chi connectivity index (χ0v) is 13.4. The molecule has 0 saturated carbocycles. The second-order valence-corrected chi connectivity index (χ2v) is 5.05. The SMILES string of the molecule is CNCCCOc1ccc(Cl)cc1NC(=O)Nc1cnccn1. The second-order valence-electron chi connectivity index (χ2n) is 4.62. The largest absolute Gasteiger partial charge is 0.491 e. The van der Waals surface area contributed by atoms with Crippen LogP contribution < -0.4 is 20.7 Å². The summed E-state index contributed by atoms with van der Waals surface area (Å²) in [5.74, 6) is 0.906. The van der Waals surface area contributed by atoms with Gasteiger partial charge in [0.2, 0.25) is 0 Å². The van der Waals surface area contributed by atoms with Crippen molar-refractivity contribution in [1.29, 1.82) is 0 Å². The van der Waals surface area contributed by atoms with Gasteiger partial charge >= 0.3 is 6.03 Å². The molecule has 0 aliphatic heterocycles. The van der Waals surface area contributed by atoms with Crippen LogP contribution >= 0.6 is 11.6 Å². The van der Waals surface area contributed by atoms with Gasteiger partial charge in [0.05, 0.1) is 18.5 Å². The van der Waals surface area contributed by atoms with Gasteiger partial charge < -0.3 is 15.4 Å². The molecule has 0 radical (unpaired) electrons. The Morgan fingerprint density at radius 3 is 2.91 bits per heavy atom. The number of hydrogen-bond acceptors (Lipinski definition) is 5. The molecule has 0 bridgehead atoms. The Morgan fingerprint density at radius 1 is 1.30 bits per heavy atom. The standard InChI is InChI=1S/C15H18ClN5O2/c1-17-5-2-8-23-13-4-3-11(16)9-12(13)20-15(22)21-14-10-18-6-7-19-14/h3-4,6-7,9-10,17H,2,5,8H2,1H3,(H2,19,20,21,22). The van der Waals surface area contributed by atoms with E-state index in [4.69, 9.17) is 16.3 Å². The minimum Gasteiger partial charge on any atom is -0.491 e. The first-order valence-electron chi connectivity index (χ1n) is 7.10. The lowest BCUT2D eigenvalue weighted by molar-refractivity contribution is 0.261. The van der Waals surface area contributed by atoms with Gasteiger partial charge in [-0.25, -0.2) is 9.78 Å². The number of nitrogens with one attached hydrogen (secondary N) is 3. The second kappa shape index (κ2) is 8.92. The maximum absolute atomic E-state index is 12.0. The van der Waals surface area contributed by atoms with E-state index in [1.165, 1.54) is 18.6 Å². The molecule has 23 heavy (non-hydrogen) atoms. The van der Waals surface area contributed by atoms with E-state index >= 15 is 0 Å². The molecule has 0 aliphatic rings. The fourth-order valence-electron chi connectivity index (χ4n) is 1.79. The van der Waals surface area contributed by atoms with Crippen molar-refractivity contribution in [1.82, 2.24) is 15.3 Å². The monoisotopic (exact) mass is 335 g/mol. The Hall–Kier alpha value is -2.38. The third-order valence-corrected chi connectivity index (χ3v) is 3.06. The van der Waals surface area contributed by atoms with E-state index in [1.807, 2.05) is 7.05 Å². The molecule has 0 aliphatic carbocycles. The summed E-state index contributed by atoms with van der Waals surface area (Å²) < 4.78 is 5.68. The summed E-state index contributed by atoms with van der Waals surface area (Å²) in [7, 11) is 1.88. The van der Waals surface area contributed by atoms with Crippen molar-refractivity contribution in [3.8, 4) is 5.75 Å². The van der Waals surface area contributed by atoms with Crippen LogP contribution in [0.2, 0.25) is 5.02 Å². The Labute approximate surface area is 139 Å². The summed E-state index contributed by atoms with van der Waals surface area (Å²) in [5.41, 5.74) is 0.489. The van der Waals surface area contributed by atoms with Gasteiger partial charge in [-0.1, -0.05) is 11.6 Å². The van der Waals surface area contributed by atoms with Crippen LogP contribution in [0.25, 0.3) is 0 Å². The Morgan fingerprint density at radius 2 is 2.17 bits per heavy atom. The molecule has 0 spiro atoms. The highest BCUT2D eigenvalue weighted by Gasteiger charge is 2.09. The minimum absolute atomic E-state index is 0.350. The Kier molecular flexibility index (Phi) is 6.58. The summed E-state index contributed by atoms with van der Waals surface area (Å²) in [4.78, 5) is 19.9. The minimum atomic E-state index is -0.451. The summed E-state index contributed by atoms with van der Waals surface area (Å²) in [6, 6.07) is 4.61. The van der Waals surface area contributed by atoms with Gasteiger partial charge in [-0.05, 0) is 38.2 Å². The van der Waals surface area contributed by atoms with Crippen molar-refractivity contribution < 1.29 is 9.53 Å². The van der Waals surface area contributed by atoms with Crippen molar-refractivity contribution in [3.05, 3.63) is 41.8 Å². The van der Waals surface area contributed by atoms with Crippen LogP contribution in [0.5, 0.6) is 5.75 Å². The van der Waals surface area contributed by atoms with Crippen LogP contribution in [0.3, 0.4) is 0 Å². The van der Waals surface area contributed by atoms with Crippen LogP contribution in [-0.2, 0) is 0 Å². The highest BCUT2D eigenvalue weighted by atomic mass is 35.5. The molecule has 2 amide bonds. The lowest BCUT2D eigenvalue weighted by Crippen LogP contribution is -2.21. The molecule has 0 unspecified atom stereocenters. The number of aromatic nitrogens is 2. The molecular formula is C15H18ClN5O2. The van der Waals surface area contributed by atoms with Gasteiger partial charge in [-0.15, -0.1) is 0 Å². The van der Waals surface area contributed by atoms with Crippen LogP contribution in [0, 0.1) is 0 Å². The van der Waals surface area contributed by atoms with Crippen LogP contribution in [0.1, 0.15) is 6.42 Å². The number of ether oxygens (including phenoxy) is 1. The van der Waals surface area contributed by atoms with E-state index in [1.54, 1.807) is 18.2 Å². The number of carbonyl (C=O) groups is 1. The van der Waals surface area contributed by atoms with Crippen LogP contribution in [0.4, 0.5) is 16.3 Å². The number of amides is 2. The van der Waals surface area contributed by atoms with Gasteiger partial charge in [0, 0.05) is 17.4 Å². The average Bonchev–Trinajstić information content (AvgIpc) is 2.54. The summed E-state index contributed by atoms with van der Waals surface area (Å²) in [6.07, 6.45) is 5.32. The van der Waals surface area contributed by atoms with Crippen LogP contribution in [-0.4, -0.2) is 36.2 Å². The van der Waals surface area contributed by atoms with Crippen molar-refractivity contribution in [3.63, 3.8) is 0 Å². The third-order valence-electron chi connectivity index (χ3n) is 2.82. The van der Waals surface area contributed by atoms with E-state index in [-0.39, 0.29) is 0 Å². The maximum Gasteiger partial charge on any atom is 0.325 e. The number of benzene rings is 1. The van der Waals surface area contributed by atoms with Gasteiger partial charge in [0.1, 0.15) is 5.75 Å². The first kappa shape index (κ1) is 17.0. The lowest BCUT2D eigenvalue weighted by Gasteiger charge is -2.13. The number of urea groups is 1. The van der Waals surface area contributed by atoms with Gasteiger partial charge in [0.25, 0.3) is 0 Å². The first-order chi connectivity index (χ1) is 11.2. The fraction of sp³-hybridized carbons (Fsp3) is 0.267. The average molecular weight is 336 g/mol. The molecule has 2 rings (SSSR count). The summed E-state index contributed by atoms with van der Waals surface area (Å²) in [5, 5.41) is 8.82. The fourth-order valence-corrected chi connectivity index (χ4v) is 1.96. The molecule has 1 aromatic carbocycles. The summed E-state index contributed by atoms with van der Waals surface area (Å²) >= 11 is 5.98. The Bertz CT molecular complexity index is 639. The topological polar surface area (TPSA) is 88.2 Å². The normalized spacial score (nSPS) is 10.2. The molecule has 122 valence electrons. The highest BCUT2D eigenvalue weighted by molar-refractivity contribution is 6.31. The number of carbonyl (C=O) groups excluding carboxylic acids is 1. The van der Waals surface area contributed by atoms with Crippen molar-refractivity contribution >= 4 is 29.1 Å². The Balaban J connectivity index is 1.99. The van der Waals surface area contributed by atoms with E-state index in [0.717, 1.165) is 13.0 Å². The third kappa shape index (κ3) is 5.72. The van der Waals surface area contributed by atoms with Crippen LogP contribution in [0.15, 0.2) is 36.8 Å². The first-order valence-corrected chi connectivity index (χ1v) is 7.48. The predicted octanol–water partition coefficient (Wildman–Crippen LogP) is 2.76. The lowest BCUT2D eigenvalue weighted by atomic mass is 10.3. The molecule has 0 fully saturated rings. The van der Waals surface area contributed by atoms with Gasteiger partial charge in [-0.2, -0.15) is 0 Å². The molecule has 7 nitrogen and oxygen atoms in total. The number of rotatable bonds is 7. The summed E-state index contributed by atoms with van der Waals surface area (Å²) in [6.45, 7) is 1.38. The highest BCUT2D eigenvalue weighted by Crippen LogP contribution is 2.28. The van der Waals surface area contributed by atoms with Crippen molar-refractivity contribution in [2.45, 2.75) is 6.42 Å². The van der Waals surface area contributed by atoms with E-state index < -0.39 is 6.03 Å². The van der Waals surface area contributed by atoms with E-state index in [9.17, 15) is 4.79 Å². The van der Waals surface area contributed by atoms with E-state index in [2.05, 4.69) is 25.9 Å². The number of halogens is 1. The molecule has 3 N–H and O–H groups in total. The zero-order chi connectivity index (χ0) is 16.5. The number of anilines is 2. The van der Waals surface area contributed by atoms with Crippen molar-refractivity contribution in [2.24, 2.45) is 0 Å². The zero-order valence-electron chi connectivity index (χ0n) is 12.7. The van der Waals surface area contributed by atoms with Gasteiger partial charge in [-0.3, -0.25) is 10.3 Å². The number of hydrogen-bond donors (Lipinski definition) is 3. The molecule has 1 aromatic heterocycles. The van der Waals surface area contributed by atoms with Crippen molar-refractivity contribution in [2.75, 3.05) is 30.8 Å². The maximum atomic E-state index is 12.0. The molecule has 0 atom stereocenters.